The molecule has 0 unspecified atom stereocenters. The van der Waals surface area contributed by atoms with Gasteiger partial charge in [-0.25, -0.2) is 0 Å². The Hall–Kier alpha value is -4.20. The lowest BCUT2D eigenvalue weighted by atomic mass is 10.1. The number of aromatic nitrogens is 1. The van der Waals surface area contributed by atoms with Crippen LogP contribution in [0.15, 0.2) is 73.1 Å². The molecule has 0 saturated carbocycles. The quantitative estimate of drug-likeness (QED) is 0.487. The van der Waals surface area contributed by atoms with E-state index in [4.69, 9.17) is 4.74 Å². The first kappa shape index (κ1) is 21.5. The van der Waals surface area contributed by atoms with Crippen LogP contribution in [0.3, 0.4) is 0 Å². The summed E-state index contributed by atoms with van der Waals surface area (Å²) >= 11 is 0. The summed E-state index contributed by atoms with van der Waals surface area (Å²) in [5.41, 5.74) is 1.60. The first-order valence-corrected chi connectivity index (χ1v) is 9.59. The Balaban J connectivity index is 1.55. The summed E-state index contributed by atoms with van der Waals surface area (Å²) in [5, 5.41) is 8.21. The largest absolute Gasteiger partial charge is 0.497 e. The van der Waals surface area contributed by atoms with Crippen molar-refractivity contribution in [3.05, 3.63) is 89.7 Å². The normalized spacial score (nSPS) is 10.1. The van der Waals surface area contributed by atoms with E-state index in [2.05, 4.69) is 20.9 Å². The molecular weight excluding hydrogens is 396 g/mol. The van der Waals surface area contributed by atoms with Gasteiger partial charge in [-0.15, -0.1) is 0 Å². The third-order valence-corrected chi connectivity index (χ3v) is 4.39. The van der Waals surface area contributed by atoms with Gasteiger partial charge in [0, 0.05) is 31.0 Å². The number of hydrogen-bond acceptors (Lipinski definition) is 5. The monoisotopic (exact) mass is 418 g/mol. The number of para-hydroxylation sites is 1. The van der Waals surface area contributed by atoms with E-state index < -0.39 is 0 Å². The molecule has 0 bridgehead atoms. The molecule has 3 amide bonds. The van der Waals surface area contributed by atoms with Crippen molar-refractivity contribution in [2.24, 2.45) is 0 Å². The highest BCUT2D eigenvalue weighted by Crippen LogP contribution is 2.17. The Morgan fingerprint density at radius 2 is 1.52 bits per heavy atom. The van der Waals surface area contributed by atoms with Gasteiger partial charge in [0.05, 0.1) is 23.9 Å². The molecule has 1 heterocycles. The van der Waals surface area contributed by atoms with Gasteiger partial charge in [-0.3, -0.25) is 19.4 Å². The maximum Gasteiger partial charge on any atom is 0.255 e. The number of amides is 3. The smallest absolute Gasteiger partial charge is 0.255 e. The summed E-state index contributed by atoms with van der Waals surface area (Å²) in [6.07, 6.45) is 3.05. The van der Waals surface area contributed by atoms with E-state index in [-0.39, 0.29) is 30.8 Å². The molecule has 0 fully saturated rings. The van der Waals surface area contributed by atoms with E-state index in [0.29, 0.717) is 28.1 Å². The molecular formula is C23H22N4O4. The van der Waals surface area contributed by atoms with Gasteiger partial charge >= 0.3 is 0 Å². The molecule has 3 rings (SSSR count). The van der Waals surface area contributed by atoms with E-state index in [9.17, 15) is 14.4 Å². The lowest BCUT2D eigenvalue weighted by molar-refractivity contribution is 0.0927. The van der Waals surface area contributed by atoms with Crippen molar-refractivity contribution in [2.75, 3.05) is 25.5 Å². The van der Waals surface area contributed by atoms with Crippen LogP contribution in [0.5, 0.6) is 5.75 Å². The zero-order valence-electron chi connectivity index (χ0n) is 16.9. The van der Waals surface area contributed by atoms with Crippen LogP contribution in [0.1, 0.15) is 31.1 Å². The van der Waals surface area contributed by atoms with E-state index in [1.165, 1.54) is 6.20 Å². The number of pyridine rings is 1. The maximum atomic E-state index is 12.6. The van der Waals surface area contributed by atoms with Gasteiger partial charge in [0.25, 0.3) is 17.7 Å². The fraction of sp³-hybridized carbons (Fsp3) is 0.130. The molecule has 8 nitrogen and oxygen atoms in total. The molecule has 1 aromatic heterocycles. The van der Waals surface area contributed by atoms with Gasteiger partial charge in [0.1, 0.15) is 5.75 Å². The van der Waals surface area contributed by atoms with Gasteiger partial charge in [0.15, 0.2) is 0 Å². The van der Waals surface area contributed by atoms with Crippen LogP contribution < -0.4 is 20.7 Å². The Labute approximate surface area is 179 Å². The van der Waals surface area contributed by atoms with Gasteiger partial charge in [0.2, 0.25) is 0 Å². The lowest BCUT2D eigenvalue weighted by Gasteiger charge is -2.12. The van der Waals surface area contributed by atoms with Gasteiger partial charge < -0.3 is 20.7 Å². The molecule has 0 radical (unpaired) electrons. The summed E-state index contributed by atoms with van der Waals surface area (Å²) in [6, 6.07) is 16.7. The van der Waals surface area contributed by atoms with Crippen LogP contribution in [-0.2, 0) is 0 Å². The van der Waals surface area contributed by atoms with Crippen molar-refractivity contribution in [3.8, 4) is 5.75 Å². The highest BCUT2D eigenvalue weighted by atomic mass is 16.5. The lowest BCUT2D eigenvalue weighted by Crippen LogP contribution is -2.35. The molecule has 0 aliphatic heterocycles. The first-order valence-electron chi connectivity index (χ1n) is 9.59. The Morgan fingerprint density at radius 3 is 2.19 bits per heavy atom. The molecule has 8 heteroatoms. The molecule has 3 aromatic rings. The van der Waals surface area contributed by atoms with Gasteiger partial charge in [-0.1, -0.05) is 12.1 Å². The Morgan fingerprint density at radius 1 is 0.806 bits per heavy atom. The number of methoxy groups -OCH3 is 1. The van der Waals surface area contributed by atoms with E-state index in [1.54, 1.807) is 74.0 Å². The van der Waals surface area contributed by atoms with Crippen molar-refractivity contribution in [1.82, 2.24) is 15.6 Å². The third kappa shape index (κ3) is 5.89. The fourth-order valence-corrected chi connectivity index (χ4v) is 2.77. The first-order chi connectivity index (χ1) is 15.1. The van der Waals surface area contributed by atoms with Crippen LogP contribution in [-0.4, -0.2) is 42.9 Å². The SMILES string of the molecule is COc1ccc(C(=O)Nc2ccccc2C(=O)NCCNC(=O)c2cccnc2)cc1. The highest BCUT2D eigenvalue weighted by Gasteiger charge is 2.14. The average molecular weight is 418 g/mol. The second-order valence-electron chi connectivity index (χ2n) is 6.48. The van der Waals surface area contributed by atoms with Crippen molar-refractivity contribution in [3.63, 3.8) is 0 Å². The molecule has 0 saturated heterocycles. The number of nitrogens with one attached hydrogen (secondary N) is 3. The van der Waals surface area contributed by atoms with Crippen LogP contribution >= 0.6 is 0 Å². The number of anilines is 1. The van der Waals surface area contributed by atoms with E-state index in [1.807, 2.05) is 0 Å². The predicted octanol–water partition coefficient (Wildman–Crippen LogP) is 2.50. The summed E-state index contributed by atoms with van der Waals surface area (Å²) in [6.45, 7) is 0.478. The number of nitrogens with zero attached hydrogens (tertiary/aromatic N) is 1. The Kier molecular flexibility index (Phi) is 7.31. The minimum Gasteiger partial charge on any atom is -0.497 e. The molecule has 158 valence electrons. The Bertz CT molecular complexity index is 1050. The molecule has 31 heavy (non-hydrogen) atoms. The number of rotatable bonds is 8. The predicted molar refractivity (Wildman–Crippen MR) is 116 cm³/mol. The molecule has 0 aliphatic rings. The van der Waals surface area contributed by atoms with Crippen molar-refractivity contribution >= 4 is 23.4 Å². The van der Waals surface area contributed by atoms with E-state index in [0.717, 1.165) is 0 Å². The topological polar surface area (TPSA) is 109 Å². The minimum absolute atomic E-state index is 0.228. The zero-order chi connectivity index (χ0) is 22.1. The van der Waals surface area contributed by atoms with E-state index >= 15 is 0 Å². The van der Waals surface area contributed by atoms with Crippen molar-refractivity contribution in [2.45, 2.75) is 0 Å². The minimum atomic E-state index is -0.360. The van der Waals surface area contributed by atoms with Crippen LogP contribution in [0.2, 0.25) is 0 Å². The molecule has 3 N–H and O–H groups in total. The van der Waals surface area contributed by atoms with Crippen LogP contribution in [0.4, 0.5) is 5.69 Å². The fourth-order valence-electron chi connectivity index (χ4n) is 2.77. The maximum absolute atomic E-state index is 12.6. The zero-order valence-corrected chi connectivity index (χ0v) is 16.9. The average Bonchev–Trinajstić information content (AvgIpc) is 2.82. The second kappa shape index (κ2) is 10.5. The summed E-state index contributed by atoms with van der Waals surface area (Å²) in [5.74, 6) is -0.325. The summed E-state index contributed by atoms with van der Waals surface area (Å²) < 4.78 is 5.09. The third-order valence-electron chi connectivity index (χ3n) is 4.39. The number of carbonyl (C=O) groups excluding carboxylic acids is 3. The summed E-state index contributed by atoms with van der Waals surface area (Å²) in [7, 11) is 1.55. The molecule has 0 atom stereocenters. The van der Waals surface area contributed by atoms with Gasteiger partial charge in [-0.05, 0) is 48.5 Å². The number of hydrogen-bond donors (Lipinski definition) is 3. The highest BCUT2D eigenvalue weighted by molar-refractivity contribution is 6.09. The standard InChI is InChI=1S/C23H22N4O4/c1-31-18-10-8-16(9-11-18)22(29)27-20-7-3-2-6-19(20)23(30)26-14-13-25-21(28)17-5-4-12-24-15-17/h2-12,15H,13-14H2,1H3,(H,25,28)(H,26,30)(H,27,29). The molecule has 0 spiro atoms. The van der Waals surface area contributed by atoms with Gasteiger partial charge in [-0.2, -0.15) is 0 Å². The van der Waals surface area contributed by atoms with Crippen LogP contribution in [0, 0.1) is 0 Å². The number of carbonyl (C=O) groups is 3. The number of ether oxygens (including phenoxy) is 1. The number of benzene rings is 2. The second-order valence-corrected chi connectivity index (χ2v) is 6.48. The molecule has 2 aromatic carbocycles. The summed E-state index contributed by atoms with van der Waals surface area (Å²) in [4.78, 5) is 41.0. The van der Waals surface area contributed by atoms with Crippen LogP contribution in [0.25, 0.3) is 0 Å². The molecule has 0 aliphatic carbocycles. The van der Waals surface area contributed by atoms with Crippen molar-refractivity contribution in [1.29, 1.82) is 0 Å². The van der Waals surface area contributed by atoms with Crippen molar-refractivity contribution < 1.29 is 19.1 Å².